The van der Waals surface area contributed by atoms with Gasteiger partial charge < -0.3 is 20.6 Å². The summed E-state index contributed by atoms with van der Waals surface area (Å²) in [6.07, 6.45) is -11.4. The molecule has 0 bridgehead atoms. The lowest BCUT2D eigenvalue weighted by Crippen LogP contribution is -2.61. The molecule has 0 aliphatic carbocycles. The van der Waals surface area contributed by atoms with E-state index < -0.39 is 71.2 Å². The van der Waals surface area contributed by atoms with Crippen molar-refractivity contribution in [2.45, 2.75) is 36.8 Å². The van der Waals surface area contributed by atoms with Gasteiger partial charge in [-0.1, -0.05) is 42.5 Å². The highest BCUT2D eigenvalue weighted by atomic mass is 19.4. The fourth-order valence-electron chi connectivity index (χ4n) is 3.93. The Balaban J connectivity index is 2.36. The maximum atomic E-state index is 14.3. The van der Waals surface area contributed by atoms with Crippen LogP contribution in [0.5, 0.6) is 0 Å². The van der Waals surface area contributed by atoms with E-state index in [1.54, 1.807) is 0 Å². The van der Waals surface area contributed by atoms with E-state index in [2.05, 4.69) is 0 Å². The minimum Gasteiger partial charge on any atom is -0.372 e. The number of carbonyl (C=O) groups is 3. The molecule has 0 saturated carbocycles. The molecule has 2 atom stereocenters. The SMILES string of the molecule is CC(O)(C(N)=O)C(=O)N(CC(F)(F)C(F)(F)F)[C@@H]1C(=O)N(CC(F)(F)F)c2ccccc2-c2ccccc21. The molecule has 1 heterocycles. The Morgan fingerprint density at radius 2 is 1.47 bits per heavy atom. The fraction of sp³-hybridized carbons (Fsp3) is 0.348. The zero-order valence-corrected chi connectivity index (χ0v) is 19.3. The first-order valence-electron chi connectivity index (χ1n) is 10.6. The third kappa shape index (κ3) is 5.28. The lowest BCUT2D eigenvalue weighted by Gasteiger charge is -2.38. The largest absolute Gasteiger partial charge is 0.455 e. The van der Waals surface area contributed by atoms with Crippen molar-refractivity contribution in [3.63, 3.8) is 0 Å². The first-order chi connectivity index (χ1) is 17.3. The number of aliphatic hydroxyl groups is 1. The van der Waals surface area contributed by atoms with E-state index in [9.17, 15) is 54.6 Å². The number of hydrogen-bond acceptors (Lipinski definition) is 4. The minimum absolute atomic E-state index is 0.0279. The molecule has 2 aromatic rings. The number of halogens is 8. The van der Waals surface area contributed by atoms with Crippen molar-refractivity contribution >= 4 is 23.4 Å². The standard InChI is InChI=1S/C23H19F8N3O4/c1-20(38,18(32)36)19(37)34(10-21(24,25)23(29,30)31)16-14-8-3-2-6-12(14)13-7-4-5-9-15(13)33(17(16)35)11-22(26,27)28/h2-9,16,38H,10-11H2,1H3,(H2,32,36)/t16-,20?/m0/s1. The van der Waals surface area contributed by atoms with Crippen LogP contribution in [0.4, 0.5) is 40.8 Å². The van der Waals surface area contributed by atoms with Gasteiger partial charge in [0.15, 0.2) is 0 Å². The average Bonchev–Trinajstić information content (AvgIpc) is 2.89. The van der Waals surface area contributed by atoms with Gasteiger partial charge in [0.25, 0.3) is 17.7 Å². The maximum absolute atomic E-state index is 14.3. The van der Waals surface area contributed by atoms with Gasteiger partial charge in [0.05, 0.1) is 12.2 Å². The fourth-order valence-corrected chi connectivity index (χ4v) is 3.93. The second kappa shape index (κ2) is 9.53. The third-order valence-electron chi connectivity index (χ3n) is 5.83. The highest BCUT2D eigenvalue weighted by molar-refractivity contribution is 6.11. The van der Waals surface area contributed by atoms with Gasteiger partial charge in [0.1, 0.15) is 12.6 Å². The van der Waals surface area contributed by atoms with E-state index in [1.165, 1.54) is 36.4 Å². The molecule has 0 fully saturated rings. The van der Waals surface area contributed by atoms with Crippen LogP contribution in [-0.4, -0.2) is 64.7 Å². The van der Waals surface area contributed by atoms with Crippen LogP contribution >= 0.6 is 0 Å². The van der Waals surface area contributed by atoms with E-state index in [4.69, 9.17) is 5.73 Å². The predicted molar refractivity (Wildman–Crippen MR) is 116 cm³/mol. The van der Waals surface area contributed by atoms with E-state index in [1.807, 2.05) is 0 Å². The van der Waals surface area contributed by atoms with Crippen molar-refractivity contribution in [3.05, 3.63) is 54.1 Å². The molecule has 38 heavy (non-hydrogen) atoms. The Bertz CT molecular complexity index is 1260. The second-order valence-corrected chi connectivity index (χ2v) is 8.62. The quantitative estimate of drug-likeness (QED) is 0.422. The van der Waals surface area contributed by atoms with Gasteiger partial charge in [0.2, 0.25) is 5.60 Å². The third-order valence-corrected chi connectivity index (χ3v) is 5.83. The van der Waals surface area contributed by atoms with Crippen LogP contribution in [0.1, 0.15) is 18.5 Å². The summed E-state index contributed by atoms with van der Waals surface area (Å²) in [5.74, 6) is -11.5. The van der Waals surface area contributed by atoms with Crippen LogP contribution in [0, 0.1) is 0 Å². The van der Waals surface area contributed by atoms with Crippen molar-refractivity contribution in [1.82, 2.24) is 4.90 Å². The summed E-state index contributed by atoms with van der Waals surface area (Å²) in [5, 5.41) is 10.3. The smallest absolute Gasteiger partial charge is 0.372 e. The van der Waals surface area contributed by atoms with Gasteiger partial charge in [-0.15, -0.1) is 0 Å². The molecule has 3 rings (SSSR count). The second-order valence-electron chi connectivity index (χ2n) is 8.62. The highest BCUT2D eigenvalue weighted by Gasteiger charge is 2.61. The van der Waals surface area contributed by atoms with E-state index >= 15 is 0 Å². The number of fused-ring (bicyclic) bond motifs is 3. The minimum atomic E-state index is -6.29. The van der Waals surface area contributed by atoms with Crippen molar-refractivity contribution in [1.29, 1.82) is 0 Å². The molecule has 3 N–H and O–H groups in total. The summed E-state index contributed by atoms with van der Waals surface area (Å²) in [6, 6.07) is 7.30. The summed E-state index contributed by atoms with van der Waals surface area (Å²) in [5.41, 5.74) is 0.623. The number of para-hydroxylation sites is 1. The molecule has 2 aromatic carbocycles. The van der Waals surface area contributed by atoms with Gasteiger partial charge in [0, 0.05) is 5.56 Å². The molecule has 1 aliphatic heterocycles. The van der Waals surface area contributed by atoms with E-state index in [-0.39, 0.29) is 21.7 Å². The number of amides is 3. The summed E-state index contributed by atoms with van der Waals surface area (Å²) < 4.78 is 109. The maximum Gasteiger partial charge on any atom is 0.455 e. The molecule has 3 amide bonds. The number of alkyl halides is 8. The number of hydrogen-bond donors (Lipinski definition) is 2. The van der Waals surface area contributed by atoms with Crippen LogP contribution in [0.15, 0.2) is 48.5 Å². The molecule has 1 unspecified atom stereocenters. The van der Waals surface area contributed by atoms with E-state index in [0.717, 1.165) is 12.1 Å². The van der Waals surface area contributed by atoms with Crippen LogP contribution < -0.4 is 10.6 Å². The van der Waals surface area contributed by atoms with Crippen molar-refractivity contribution < 1.29 is 54.6 Å². The van der Waals surface area contributed by atoms with Gasteiger partial charge >= 0.3 is 18.3 Å². The Hall–Kier alpha value is -3.75. The van der Waals surface area contributed by atoms with Crippen LogP contribution in [0.25, 0.3) is 11.1 Å². The Labute approximate surface area is 209 Å². The monoisotopic (exact) mass is 553 g/mol. The number of nitrogens with two attached hydrogens (primary N) is 1. The number of anilines is 1. The highest BCUT2D eigenvalue weighted by Crippen LogP contribution is 2.45. The van der Waals surface area contributed by atoms with Gasteiger partial charge in [-0.3, -0.25) is 14.4 Å². The molecule has 0 aromatic heterocycles. The molecular weight excluding hydrogens is 534 g/mol. The molecule has 7 nitrogen and oxygen atoms in total. The Morgan fingerprint density at radius 3 is 2.00 bits per heavy atom. The first-order valence-corrected chi connectivity index (χ1v) is 10.6. The van der Waals surface area contributed by atoms with E-state index in [0.29, 0.717) is 6.92 Å². The Morgan fingerprint density at radius 1 is 0.947 bits per heavy atom. The summed E-state index contributed by atoms with van der Waals surface area (Å²) in [6.45, 7) is -4.23. The van der Waals surface area contributed by atoms with Crippen molar-refractivity contribution in [2.24, 2.45) is 5.73 Å². The first kappa shape index (κ1) is 28.8. The molecule has 0 radical (unpaired) electrons. The van der Waals surface area contributed by atoms with Gasteiger partial charge in [-0.05, 0) is 24.1 Å². The van der Waals surface area contributed by atoms with Crippen LogP contribution in [0.3, 0.4) is 0 Å². The van der Waals surface area contributed by atoms with Gasteiger partial charge in [-0.25, -0.2) is 0 Å². The zero-order chi connectivity index (χ0) is 28.8. The van der Waals surface area contributed by atoms with Crippen LogP contribution in [-0.2, 0) is 14.4 Å². The number of primary amides is 1. The summed E-state index contributed by atoms with van der Waals surface area (Å²) in [4.78, 5) is 38.1. The number of carbonyl (C=O) groups excluding carboxylic acids is 3. The zero-order valence-electron chi connectivity index (χ0n) is 19.3. The van der Waals surface area contributed by atoms with Crippen molar-refractivity contribution in [2.75, 3.05) is 18.0 Å². The lowest BCUT2D eigenvalue weighted by molar-refractivity contribution is -0.287. The van der Waals surface area contributed by atoms with Crippen molar-refractivity contribution in [3.8, 4) is 11.1 Å². The summed E-state index contributed by atoms with van der Waals surface area (Å²) in [7, 11) is 0. The summed E-state index contributed by atoms with van der Waals surface area (Å²) >= 11 is 0. The number of rotatable bonds is 6. The number of benzene rings is 2. The average molecular weight is 553 g/mol. The topological polar surface area (TPSA) is 104 Å². The predicted octanol–water partition coefficient (Wildman–Crippen LogP) is 3.57. The molecule has 206 valence electrons. The molecule has 0 spiro atoms. The molecular formula is C23H19F8N3O4. The van der Waals surface area contributed by atoms with Gasteiger partial charge in [-0.2, -0.15) is 35.1 Å². The lowest BCUT2D eigenvalue weighted by atomic mass is 9.93. The number of nitrogens with zero attached hydrogens (tertiary/aromatic N) is 2. The Kier molecular flexibility index (Phi) is 7.22. The molecule has 15 heteroatoms. The molecule has 1 aliphatic rings. The van der Waals surface area contributed by atoms with Crippen LogP contribution in [0.2, 0.25) is 0 Å². The molecule has 0 saturated heterocycles. The normalized spacial score (nSPS) is 17.7.